The summed E-state index contributed by atoms with van der Waals surface area (Å²) in [6.07, 6.45) is 0.591. The summed E-state index contributed by atoms with van der Waals surface area (Å²) in [4.78, 5) is 19.5. The maximum absolute atomic E-state index is 12.6. The highest BCUT2D eigenvalue weighted by atomic mass is 32.2. The lowest BCUT2D eigenvalue weighted by Crippen LogP contribution is -2.69. The van der Waals surface area contributed by atoms with Crippen LogP contribution < -0.4 is 0 Å². The number of aryl methyl sites for hydroxylation is 1. The molecule has 1 spiro atoms. The fourth-order valence-corrected chi connectivity index (χ4v) is 6.11. The first-order valence-electron chi connectivity index (χ1n) is 8.44. The number of carbonyl (C=O) groups excluding carboxylic acids is 1. The highest BCUT2D eigenvalue weighted by Gasteiger charge is 2.62. The maximum atomic E-state index is 12.6. The molecule has 3 heterocycles. The van der Waals surface area contributed by atoms with E-state index in [1.54, 1.807) is 19.0 Å². The van der Waals surface area contributed by atoms with Gasteiger partial charge in [-0.1, -0.05) is 6.07 Å². The summed E-state index contributed by atoms with van der Waals surface area (Å²) in [5, 5.41) is 0. The van der Waals surface area contributed by atoms with Crippen LogP contribution in [0.3, 0.4) is 0 Å². The molecule has 2 amide bonds. The zero-order valence-electron chi connectivity index (χ0n) is 14.9. The Morgan fingerprint density at radius 2 is 2.12 bits per heavy atom. The van der Waals surface area contributed by atoms with Crippen LogP contribution >= 0.6 is 0 Å². The molecule has 0 radical (unpaired) electrons. The van der Waals surface area contributed by atoms with E-state index in [0.29, 0.717) is 19.6 Å². The van der Waals surface area contributed by atoms with Gasteiger partial charge in [0.05, 0.1) is 24.7 Å². The van der Waals surface area contributed by atoms with E-state index in [0.717, 1.165) is 11.4 Å². The van der Waals surface area contributed by atoms with Crippen molar-refractivity contribution in [1.29, 1.82) is 0 Å². The molecule has 1 aromatic heterocycles. The van der Waals surface area contributed by atoms with Gasteiger partial charge in [0.1, 0.15) is 4.75 Å². The smallest absolute Gasteiger partial charge is 0.319 e. The highest BCUT2D eigenvalue weighted by molar-refractivity contribution is 7.93. The van der Waals surface area contributed by atoms with E-state index in [1.165, 1.54) is 4.90 Å². The van der Waals surface area contributed by atoms with Crippen LogP contribution in [0.2, 0.25) is 0 Å². The predicted octanol–water partition coefficient (Wildman–Crippen LogP) is 1.08. The van der Waals surface area contributed by atoms with Crippen molar-refractivity contribution in [2.45, 2.75) is 24.7 Å². The van der Waals surface area contributed by atoms with Gasteiger partial charge in [0, 0.05) is 38.8 Å². The third-order valence-electron chi connectivity index (χ3n) is 5.18. The largest absolute Gasteiger partial charge is 0.375 e. The van der Waals surface area contributed by atoms with Crippen molar-refractivity contribution in [2.24, 2.45) is 5.92 Å². The molecule has 2 aliphatic rings. The SMILES string of the molecule is Cc1cccc(COC[C@H]2CCS(=O)(=O)C23CN(C(=O)N(C)C)C3)n1. The third kappa shape index (κ3) is 3.25. The van der Waals surface area contributed by atoms with Gasteiger partial charge < -0.3 is 14.5 Å². The lowest BCUT2D eigenvalue weighted by atomic mass is 9.84. The molecule has 0 unspecified atom stereocenters. The first kappa shape index (κ1) is 18.1. The summed E-state index contributed by atoms with van der Waals surface area (Å²) in [6.45, 7) is 3.20. The molecule has 138 valence electrons. The molecule has 7 nitrogen and oxygen atoms in total. The van der Waals surface area contributed by atoms with E-state index in [2.05, 4.69) is 4.98 Å². The van der Waals surface area contributed by atoms with E-state index in [4.69, 9.17) is 4.74 Å². The van der Waals surface area contributed by atoms with Crippen LogP contribution in [0.4, 0.5) is 4.79 Å². The highest BCUT2D eigenvalue weighted by Crippen LogP contribution is 2.45. The summed E-state index contributed by atoms with van der Waals surface area (Å²) < 4.78 is 30.1. The Bertz CT molecular complexity index is 757. The number of pyridine rings is 1. The number of nitrogens with zero attached hydrogens (tertiary/aromatic N) is 3. The number of ether oxygens (including phenoxy) is 1. The second-order valence-corrected chi connectivity index (χ2v) is 9.64. The van der Waals surface area contributed by atoms with Crippen LogP contribution in [-0.2, 0) is 21.2 Å². The molecule has 0 saturated carbocycles. The van der Waals surface area contributed by atoms with Crippen molar-refractivity contribution in [3.63, 3.8) is 0 Å². The molecule has 0 aromatic carbocycles. The van der Waals surface area contributed by atoms with Crippen molar-refractivity contribution in [1.82, 2.24) is 14.8 Å². The molecular formula is C17H25N3O4S. The molecule has 0 bridgehead atoms. The molecule has 2 saturated heterocycles. The fraction of sp³-hybridized carbons (Fsp3) is 0.647. The lowest BCUT2D eigenvalue weighted by molar-refractivity contribution is 0.0312. The van der Waals surface area contributed by atoms with Crippen LogP contribution in [0, 0.1) is 12.8 Å². The summed E-state index contributed by atoms with van der Waals surface area (Å²) in [5.74, 6) is 0.0989. The van der Waals surface area contributed by atoms with E-state index >= 15 is 0 Å². The molecule has 1 atom stereocenters. The number of sulfone groups is 1. The predicted molar refractivity (Wildman–Crippen MR) is 93.9 cm³/mol. The Balaban J connectivity index is 1.62. The normalized spacial score (nSPS) is 23.5. The average molecular weight is 367 g/mol. The zero-order valence-corrected chi connectivity index (χ0v) is 15.8. The number of hydrogen-bond donors (Lipinski definition) is 0. The van der Waals surface area contributed by atoms with E-state index in [-0.39, 0.29) is 30.8 Å². The van der Waals surface area contributed by atoms with Gasteiger partial charge in [0.15, 0.2) is 9.84 Å². The number of amides is 2. The van der Waals surface area contributed by atoms with Gasteiger partial charge >= 0.3 is 6.03 Å². The van der Waals surface area contributed by atoms with E-state index in [9.17, 15) is 13.2 Å². The second-order valence-electron chi connectivity index (χ2n) is 7.19. The number of aromatic nitrogens is 1. The lowest BCUT2D eigenvalue weighted by Gasteiger charge is -2.50. The Hall–Kier alpha value is -1.67. The van der Waals surface area contributed by atoms with Crippen LogP contribution in [0.25, 0.3) is 0 Å². The van der Waals surface area contributed by atoms with Crippen LogP contribution in [0.15, 0.2) is 18.2 Å². The minimum atomic E-state index is -3.20. The van der Waals surface area contributed by atoms with Gasteiger partial charge in [-0.3, -0.25) is 4.98 Å². The first-order chi connectivity index (χ1) is 11.7. The van der Waals surface area contributed by atoms with Crippen LogP contribution in [0.5, 0.6) is 0 Å². The Morgan fingerprint density at radius 1 is 1.40 bits per heavy atom. The summed E-state index contributed by atoms with van der Waals surface area (Å²) in [7, 11) is 0.144. The van der Waals surface area contributed by atoms with Gasteiger partial charge in [-0.2, -0.15) is 0 Å². The van der Waals surface area contributed by atoms with E-state index in [1.807, 2.05) is 25.1 Å². The Kier molecular flexibility index (Phi) is 4.76. The molecule has 8 heteroatoms. The maximum Gasteiger partial charge on any atom is 0.319 e. The van der Waals surface area contributed by atoms with Gasteiger partial charge in [-0.25, -0.2) is 13.2 Å². The number of hydrogen-bond acceptors (Lipinski definition) is 5. The minimum absolute atomic E-state index is 0.0754. The number of urea groups is 1. The monoisotopic (exact) mass is 367 g/mol. The quantitative estimate of drug-likeness (QED) is 0.795. The topological polar surface area (TPSA) is 79.8 Å². The first-order valence-corrected chi connectivity index (χ1v) is 10.1. The summed E-state index contributed by atoms with van der Waals surface area (Å²) in [5.41, 5.74) is 1.77. The molecule has 0 N–H and O–H groups in total. The molecule has 1 aromatic rings. The molecule has 25 heavy (non-hydrogen) atoms. The van der Waals surface area contributed by atoms with Crippen LogP contribution in [0.1, 0.15) is 17.8 Å². The second kappa shape index (κ2) is 6.57. The average Bonchev–Trinajstić information content (AvgIpc) is 2.76. The number of rotatable bonds is 4. The zero-order chi connectivity index (χ0) is 18.2. The Labute approximate surface area is 148 Å². The summed E-state index contributed by atoms with van der Waals surface area (Å²) in [6, 6.07) is 5.61. The van der Waals surface area contributed by atoms with Crippen LogP contribution in [-0.4, -0.2) is 73.5 Å². The molecule has 2 aliphatic heterocycles. The van der Waals surface area contributed by atoms with Gasteiger partial charge in [-0.15, -0.1) is 0 Å². The van der Waals surface area contributed by atoms with Gasteiger partial charge in [0.2, 0.25) is 0 Å². The van der Waals surface area contributed by atoms with Crippen molar-refractivity contribution < 1.29 is 17.9 Å². The van der Waals surface area contributed by atoms with Gasteiger partial charge in [-0.05, 0) is 25.5 Å². The minimum Gasteiger partial charge on any atom is -0.375 e. The standard InChI is InChI=1S/C17H25N3O4S/c1-13-5-4-6-15(18-13)10-24-9-14-7-8-25(22,23)17(14)11-20(12-17)16(21)19(2)3/h4-6,14H,7-12H2,1-3H3/t14-/m1/s1. The molecule has 3 rings (SSSR count). The molecular weight excluding hydrogens is 342 g/mol. The molecule has 0 aliphatic carbocycles. The van der Waals surface area contributed by atoms with E-state index < -0.39 is 14.6 Å². The molecule has 2 fully saturated rings. The third-order valence-corrected chi connectivity index (χ3v) is 7.79. The number of likely N-dealkylation sites (tertiary alicyclic amines) is 1. The van der Waals surface area contributed by atoms with Crippen molar-refractivity contribution in [3.8, 4) is 0 Å². The summed E-state index contributed by atoms with van der Waals surface area (Å²) >= 11 is 0. The van der Waals surface area contributed by atoms with Crippen molar-refractivity contribution in [2.75, 3.05) is 39.5 Å². The van der Waals surface area contributed by atoms with Crippen molar-refractivity contribution in [3.05, 3.63) is 29.6 Å². The van der Waals surface area contributed by atoms with Crippen molar-refractivity contribution >= 4 is 15.9 Å². The Morgan fingerprint density at radius 3 is 2.76 bits per heavy atom. The fourth-order valence-electron chi connectivity index (χ4n) is 3.71. The van der Waals surface area contributed by atoms with Gasteiger partial charge in [0.25, 0.3) is 0 Å². The number of carbonyl (C=O) groups is 1.